The first-order chi connectivity index (χ1) is 11.0. The highest BCUT2D eigenvalue weighted by atomic mass is 32.2. The number of hydrogen-bond acceptors (Lipinski definition) is 7. The molecule has 0 saturated carbocycles. The Balaban J connectivity index is 2.00. The van der Waals surface area contributed by atoms with Gasteiger partial charge in [0.2, 0.25) is 11.0 Å². The number of nitrogens with one attached hydrogen (secondary N) is 2. The van der Waals surface area contributed by atoms with Crippen molar-refractivity contribution in [2.45, 2.75) is 30.4 Å². The zero-order chi connectivity index (χ0) is 16.8. The van der Waals surface area contributed by atoms with Crippen LogP contribution in [0.15, 0.2) is 22.5 Å². The van der Waals surface area contributed by atoms with Gasteiger partial charge in [-0.05, 0) is 38.5 Å². The van der Waals surface area contributed by atoms with Gasteiger partial charge in [0.05, 0.1) is 18.0 Å². The van der Waals surface area contributed by atoms with E-state index >= 15 is 0 Å². The van der Waals surface area contributed by atoms with Crippen LogP contribution in [-0.2, 0) is 4.79 Å². The molecule has 1 aromatic carbocycles. The molecule has 8 heteroatoms. The van der Waals surface area contributed by atoms with E-state index in [2.05, 4.69) is 20.8 Å². The van der Waals surface area contributed by atoms with E-state index in [9.17, 15) is 4.79 Å². The van der Waals surface area contributed by atoms with Crippen molar-refractivity contribution in [3.63, 3.8) is 0 Å². The number of ether oxygens (including phenoxy) is 1. The summed E-state index contributed by atoms with van der Waals surface area (Å²) in [6, 6.07) is 5.68. The number of methoxy groups -OCH3 is 1. The van der Waals surface area contributed by atoms with Gasteiger partial charge in [0.25, 0.3) is 0 Å². The third-order valence-electron chi connectivity index (χ3n) is 2.99. The van der Waals surface area contributed by atoms with Crippen LogP contribution < -0.4 is 15.4 Å². The summed E-state index contributed by atoms with van der Waals surface area (Å²) in [5.41, 5.74) is 1.73. The zero-order valence-corrected chi connectivity index (χ0v) is 15.2. The van der Waals surface area contributed by atoms with Crippen LogP contribution in [0.4, 0.5) is 10.8 Å². The molecule has 1 atom stereocenters. The predicted octanol–water partition coefficient (Wildman–Crippen LogP) is 3.41. The minimum absolute atomic E-state index is 0.0981. The van der Waals surface area contributed by atoms with Crippen molar-refractivity contribution in [1.29, 1.82) is 0 Å². The molecule has 1 heterocycles. The largest absolute Gasteiger partial charge is 0.495 e. The Morgan fingerprint density at radius 2 is 2.22 bits per heavy atom. The smallest absolute Gasteiger partial charge is 0.237 e. The monoisotopic (exact) mass is 352 g/mol. The molecule has 23 heavy (non-hydrogen) atoms. The van der Waals surface area contributed by atoms with E-state index in [0.29, 0.717) is 11.4 Å². The number of aryl methyl sites for hydroxylation is 1. The molecular weight excluding hydrogens is 332 g/mol. The molecule has 0 aliphatic heterocycles. The summed E-state index contributed by atoms with van der Waals surface area (Å²) in [5.74, 6) is 0.547. The van der Waals surface area contributed by atoms with Crippen LogP contribution in [0.25, 0.3) is 0 Å². The molecule has 124 valence electrons. The molecule has 6 nitrogen and oxygen atoms in total. The maximum absolute atomic E-state index is 12.4. The first-order valence-electron chi connectivity index (χ1n) is 7.23. The maximum atomic E-state index is 12.4. The van der Waals surface area contributed by atoms with Gasteiger partial charge >= 0.3 is 0 Å². The Bertz CT molecular complexity index is 675. The zero-order valence-electron chi connectivity index (χ0n) is 13.5. The number of carbonyl (C=O) groups excluding carboxylic acids is 1. The highest BCUT2D eigenvalue weighted by molar-refractivity contribution is 8.02. The molecule has 1 aromatic heterocycles. The third kappa shape index (κ3) is 4.84. The molecule has 0 aliphatic rings. The molecule has 0 aliphatic carbocycles. The lowest BCUT2D eigenvalue weighted by molar-refractivity contribution is -0.115. The van der Waals surface area contributed by atoms with Gasteiger partial charge < -0.3 is 15.4 Å². The number of amides is 1. The quantitative estimate of drug-likeness (QED) is 0.744. The van der Waals surface area contributed by atoms with Crippen LogP contribution in [0.5, 0.6) is 5.75 Å². The number of aromatic nitrogens is 2. The average molecular weight is 352 g/mol. The van der Waals surface area contributed by atoms with Crippen molar-refractivity contribution in [3.05, 3.63) is 23.8 Å². The number of rotatable bonds is 7. The maximum Gasteiger partial charge on any atom is 0.237 e. The Morgan fingerprint density at radius 3 is 2.91 bits per heavy atom. The number of hydrogen-bond donors (Lipinski definition) is 2. The molecule has 0 bridgehead atoms. The van der Waals surface area contributed by atoms with Gasteiger partial charge in [0.1, 0.15) is 5.75 Å². The molecule has 0 fully saturated rings. The number of benzene rings is 1. The number of thioether (sulfide) groups is 1. The average Bonchev–Trinajstić information content (AvgIpc) is 2.95. The standard InChI is InChI=1S/C15H20N4O2S2/c1-5-16-14-18-19-15(23-14)22-10(3)13(20)17-11-8-9(2)6-7-12(11)21-4/h6-8,10H,5H2,1-4H3,(H,16,18)(H,17,20). The van der Waals surface area contributed by atoms with Crippen LogP contribution in [0.3, 0.4) is 0 Å². The van der Waals surface area contributed by atoms with Crippen LogP contribution >= 0.6 is 23.1 Å². The number of nitrogens with zero attached hydrogens (tertiary/aromatic N) is 2. The highest BCUT2D eigenvalue weighted by Gasteiger charge is 2.18. The Hall–Kier alpha value is -1.80. The van der Waals surface area contributed by atoms with Gasteiger partial charge in [-0.3, -0.25) is 4.79 Å². The summed E-state index contributed by atoms with van der Waals surface area (Å²) < 4.78 is 6.04. The molecule has 1 amide bonds. The molecule has 0 radical (unpaired) electrons. The topological polar surface area (TPSA) is 76.1 Å². The summed E-state index contributed by atoms with van der Waals surface area (Å²) in [6.45, 7) is 6.61. The fourth-order valence-electron chi connectivity index (χ4n) is 1.84. The van der Waals surface area contributed by atoms with Gasteiger partial charge in [-0.25, -0.2) is 0 Å². The Labute approximate surface area is 144 Å². The van der Waals surface area contributed by atoms with E-state index in [1.54, 1.807) is 7.11 Å². The molecular formula is C15H20N4O2S2. The van der Waals surface area contributed by atoms with Crippen LogP contribution in [-0.4, -0.2) is 35.0 Å². The van der Waals surface area contributed by atoms with Crippen LogP contribution in [0.1, 0.15) is 19.4 Å². The Morgan fingerprint density at radius 1 is 1.43 bits per heavy atom. The number of anilines is 2. The first kappa shape index (κ1) is 17.6. The van der Waals surface area contributed by atoms with E-state index in [4.69, 9.17) is 4.74 Å². The second kappa shape index (κ2) is 8.16. The fourth-order valence-corrected chi connectivity index (χ4v) is 3.80. The van der Waals surface area contributed by atoms with Gasteiger partial charge in [-0.2, -0.15) is 0 Å². The molecule has 2 N–H and O–H groups in total. The minimum Gasteiger partial charge on any atom is -0.495 e. The lowest BCUT2D eigenvalue weighted by Gasteiger charge is -2.13. The van der Waals surface area contributed by atoms with E-state index < -0.39 is 0 Å². The highest BCUT2D eigenvalue weighted by Crippen LogP contribution is 2.30. The van der Waals surface area contributed by atoms with E-state index in [1.807, 2.05) is 39.0 Å². The normalized spacial score (nSPS) is 11.8. The van der Waals surface area contributed by atoms with E-state index in [-0.39, 0.29) is 11.2 Å². The van der Waals surface area contributed by atoms with E-state index in [0.717, 1.165) is 21.6 Å². The summed E-state index contributed by atoms with van der Waals surface area (Å²) >= 11 is 2.83. The summed E-state index contributed by atoms with van der Waals surface area (Å²) in [5, 5.41) is 14.6. The molecule has 0 saturated heterocycles. The van der Waals surface area contributed by atoms with Crippen LogP contribution in [0.2, 0.25) is 0 Å². The van der Waals surface area contributed by atoms with Gasteiger partial charge in [-0.15, -0.1) is 10.2 Å². The third-order valence-corrected chi connectivity index (χ3v) is 5.06. The van der Waals surface area contributed by atoms with Crippen molar-refractivity contribution < 1.29 is 9.53 Å². The van der Waals surface area contributed by atoms with Crippen molar-refractivity contribution in [2.75, 3.05) is 24.3 Å². The SMILES string of the molecule is CCNc1nnc(SC(C)C(=O)Nc2cc(C)ccc2OC)s1. The number of carbonyl (C=O) groups is 1. The Kier molecular flexibility index (Phi) is 6.23. The van der Waals surface area contributed by atoms with Gasteiger partial charge in [0.15, 0.2) is 4.34 Å². The van der Waals surface area contributed by atoms with Crippen LogP contribution in [0, 0.1) is 6.92 Å². The molecule has 2 aromatic rings. The fraction of sp³-hybridized carbons (Fsp3) is 0.400. The minimum atomic E-state index is -0.289. The summed E-state index contributed by atoms with van der Waals surface area (Å²) in [7, 11) is 1.59. The lowest BCUT2D eigenvalue weighted by Crippen LogP contribution is -2.22. The molecule has 0 spiro atoms. The summed E-state index contributed by atoms with van der Waals surface area (Å²) in [4.78, 5) is 12.4. The van der Waals surface area contributed by atoms with Gasteiger partial charge in [0, 0.05) is 6.54 Å². The first-order valence-corrected chi connectivity index (χ1v) is 8.92. The van der Waals surface area contributed by atoms with Crippen molar-refractivity contribution >= 4 is 39.8 Å². The second-order valence-corrected chi connectivity index (χ2v) is 7.42. The van der Waals surface area contributed by atoms with E-state index in [1.165, 1.54) is 23.1 Å². The van der Waals surface area contributed by atoms with Crippen molar-refractivity contribution in [1.82, 2.24) is 10.2 Å². The van der Waals surface area contributed by atoms with Gasteiger partial charge in [-0.1, -0.05) is 29.2 Å². The van der Waals surface area contributed by atoms with Crippen molar-refractivity contribution in [2.24, 2.45) is 0 Å². The summed E-state index contributed by atoms with van der Waals surface area (Å²) in [6.07, 6.45) is 0. The van der Waals surface area contributed by atoms with Crippen molar-refractivity contribution in [3.8, 4) is 5.75 Å². The predicted molar refractivity (Wildman–Crippen MR) is 95.8 cm³/mol. The second-order valence-electron chi connectivity index (χ2n) is 4.86. The molecule has 1 unspecified atom stereocenters. The molecule has 2 rings (SSSR count). The lowest BCUT2D eigenvalue weighted by atomic mass is 10.2.